The Hall–Kier alpha value is -3.95. The maximum Gasteiger partial charge on any atom is 0.271 e. The lowest BCUT2D eigenvalue weighted by atomic mass is 10.2. The highest BCUT2D eigenvalue weighted by Crippen LogP contribution is 2.36. The van der Waals surface area contributed by atoms with Gasteiger partial charge in [0, 0.05) is 16.3 Å². The summed E-state index contributed by atoms with van der Waals surface area (Å²) in [6.07, 6.45) is 1.40. The minimum Gasteiger partial charge on any atom is -0.493 e. The van der Waals surface area contributed by atoms with Crippen molar-refractivity contribution in [2.45, 2.75) is 13.8 Å². The molecule has 3 aromatic rings. The van der Waals surface area contributed by atoms with Crippen molar-refractivity contribution in [2.24, 2.45) is 5.10 Å². The first-order valence-corrected chi connectivity index (χ1v) is 12.2. The number of hydrogen-bond donors (Lipinski definition) is 2. The van der Waals surface area contributed by atoms with E-state index in [2.05, 4.69) is 15.8 Å². The number of benzene rings is 3. The topological polar surface area (TPSA) is 107 Å². The van der Waals surface area contributed by atoms with Gasteiger partial charge in [-0.2, -0.15) is 5.10 Å². The van der Waals surface area contributed by atoms with Crippen molar-refractivity contribution in [1.82, 2.24) is 5.43 Å². The zero-order valence-electron chi connectivity index (χ0n) is 21.3. The fraction of sp³-hybridized carbons (Fsp3) is 0.222. The maximum atomic E-state index is 12.5. The van der Waals surface area contributed by atoms with Crippen molar-refractivity contribution in [3.05, 3.63) is 75.3 Å². The van der Waals surface area contributed by atoms with E-state index < -0.39 is 11.8 Å². The molecule has 0 aliphatic carbocycles. The van der Waals surface area contributed by atoms with Crippen LogP contribution in [0.3, 0.4) is 0 Å². The average Bonchev–Trinajstić information content (AvgIpc) is 2.90. The number of anilines is 1. The molecule has 0 atom stereocenters. The summed E-state index contributed by atoms with van der Waals surface area (Å²) in [7, 11) is 2.93. The molecule has 0 fully saturated rings. The lowest BCUT2D eigenvalue weighted by molar-refractivity contribution is -0.118. The number of carbonyl (C=O) groups is 2. The quantitative estimate of drug-likeness (QED) is 0.237. The summed E-state index contributed by atoms with van der Waals surface area (Å²) in [5.74, 6) is 0.605. The number of nitrogens with zero attached hydrogens (tertiary/aromatic N) is 1. The molecule has 2 amide bonds. The van der Waals surface area contributed by atoms with Crippen LogP contribution >= 0.6 is 23.2 Å². The SMILES string of the molecule is CCOc1ccc(C(=O)N/N=C/c2cc(Cl)c(OCC(=O)Nc3ccc(C)c(Cl)c3)c(OC)c2)cc1OC. The van der Waals surface area contributed by atoms with E-state index in [1.807, 2.05) is 13.8 Å². The molecule has 0 saturated carbocycles. The fourth-order valence-electron chi connectivity index (χ4n) is 3.27. The van der Waals surface area contributed by atoms with Crippen molar-refractivity contribution in [3.63, 3.8) is 0 Å². The second-order valence-electron chi connectivity index (χ2n) is 7.83. The van der Waals surface area contributed by atoms with Gasteiger partial charge in [0.1, 0.15) is 0 Å². The minimum atomic E-state index is -0.443. The molecule has 0 aromatic heterocycles. The molecule has 38 heavy (non-hydrogen) atoms. The van der Waals surface area contributed by atoms with Gasteiger partial charge in [-0.1, -0.05) is 29.3 Å². The van der Waals surface area contributed by atoms with Gasteiger partial charge in [-0.25, -0.2) is 5.43 Å². The summed E-state index contributed by atoms with van der Waals surface area (Å²) in [5.41, 5.74) is 4.77. The number of ether oxygens (including phenoxy) is 4. The molecule has 11 heteroatoms. The molecule has 0 unspecified atom stereocenters. The van der Waals surface area contributed by atoms with Crippen LogP contribution in [-0.2, 0) is 4.79 Å². The Morgan fingerprint density at radius 1 is 0.921 bits per heavy atom. The molecule has 0 aliphatic rings. The second kappa shape index (κ2) is 13.6. The molecule has 3 aromatic carbocycles. The van der Waals surface area contributed by atoms with E-state index in [1.54, 1.807) is 48.5 Å². The largest absolute Gasteiger partial charge is 0.493 e. The molecule has 9 nitrogen and oxygen atoms in total. The number of amides is 2. The van der Waals surface area contributed by atoms with Crippen LogP contribution in [0.25, 0.3) is 0 Å². The number of aryl methyl sites for hydroxylation is 1. The number of hydrazone groups is 1. The van der Waals surface area contributed by atoms with Crippen LogP contribution in [-0.4, -0.2) is 45.5 Å². The van der Waals surface area contributed by atoms with Crippen molar-refractivity contribution in [3.8, 4) is 23.0 Å². The Morgan fingerprint density at radius 3 is 2.37 bits per heavy atom. The minimum absolute atomic E-state index is 0.189. The second-order valence-corrected chi connectivity index (χ2v) is 8.65. The molecule has 0 heterocycles. The molecular formula is C27H27Cl2N3O6. The Morgan fingerprint density at radius 2 is 1.68 bits per heavy atom. The predicted octanol–water partition coefficient (Wildman–Crippen LogP) is 5.50. The van der Waals surface area contributed by atoms with Crippen LogP contribution < -0.4 is 29.7 Å². The van der Waals surface area contributed by atoms with E-state index in [4.69, 9.17) is 42.1 Å². The highest BCUT2D eigenvalue weighted by Gasteiger charge is 2.15. The Balaban J connectivity index is 1.63. The number of methoxy groups -OCH3 is 2. The Bertz CT molecular complexity index is 1350. The lowest BCUT2D eigenvalue weighted by Gasteiger charge is -2.13. The van der Waals surface area contributed by atoms with Gasteiger partial charge in [-0.3, -0.25) is 9.59 Å². The summed E-state index contributed by atoms with van der Waals surface area (Å²) < 4.78 is 21.7. The molecule has 0 spiro atoms. The molecule has 3 rings (SSSR count). The zero-order chi connectivity index (χ0) is 27.7. The molecule has 2 N–H and O–H groups in total. The van der Waals surface area contributed by atoms with Crippen LogP contribution in [0.1, 0.15) is 28.4 Å². The predicted molar refractivity (Wildman–Crippen MR) is 148 cm³/mol. The summed E-state index contributed by atoms with van der Waals surface area (Å²) in [5, 5.41) is 7.43. The van der Waals surface area contributed by atoms with Gasteiger partial charge in [-0.15, -0.1) is 0 Å². The van der Waals surface area contributed by atoms with Crippen molar-refractivity contribution < 1.29 is 28.5 Å². The Labute approximate surface area is 230 Å². The molecule has 0 aliphatic heterocycles. The third kappa shape index (κ3) is 7.53. The van der Waals surface area contributed by atoms with Gasteiger partial charge in [0.2, 0.25) is 0 Å². The van der Waals surface area contributed by atoms with Crippen molar-refractivity contribution in [2.75, 3.05) is 32.8 Å². The fourth-order valence-corrected chi connectivity index (χ4v) is 3.73. The monoisotopic (exact) mass is 559 g/mol. The number of carbonyl (C=O) groups excluding carboxylic acids is 2. The van der Waals surface area contributed by atoms with E-state index in [0.717, 1.165) is 5.56 Å². The van der Waals surface area contributed by atoms with Gasteiger partial charge in [-0.05, 0) is 67.4 Å². The molecule has 200 valence electrons. The summed E-state index contributed by atoms with van der Waals surface area (Å²) in [6.45, 7) is 3.89. The van der Waals surface area contributed by atoms with E-state index in [0.29, 0.717) is 39.9 Å². The van der Waals surface area contributed by atoms with Crippen LogP contribution in [0.2, 0.25) is 10.0 Å². The molecule has 0 bridgehead atoms. The van der Waals surface area contributed by atoms with E-state index in [1.165, 1.54) is 20.4 Å². The summed E-state index contributed by atoms with van der Waals surface area (Å²) in [6, 6.07) is 13.2. The third-order valence-corrected chi connectivity index (χ3v) is 5.85. The molecule has 0 radical (unpaired) electrons. The smallest absolute Gasteiger partial charge is 0.271 e. The first-order valence-electron chi connectivity index (χ1n) is 11.5. The van der Waals surface area contributed by atoms with Crippen LogP contribution in [0.15, 0.2) is 53.6 Å². The number of halogens is 2. The zero-order valence-corrected chi connectivity index (χ0v) is 22.8. The van der Waals surface area contributed by atoms with Gasteiger partial charge in [0.25, 0.3) is 11.8 Å². The average molecular weight is 560 g/mol. The van der Waals surface area contributed by atoms with Crippen LogP contribution in [0, 0.1) is 6.92 Å². The highest BCUT2D eigenvalue weighted by molar-refractivity contribution is 6.32. The lowest BCUT2D eigenvalue weighted by Crippen LogP contribution is -2.20. The van der Waals surface area contributed by atoms with Crippen LogP contribution in [0.4, 0.5) is 5.69 Å². The number of nitrogens with one attached hydrogen (secondary N) is 2. The third-order valence-electron chi connectivity index (χ3n) is 5.16. The maximum absolute atomic E-state index is 12.5. The molecular weight excluding hydrogens is 533 g/mol. The van der Waals surface area contributed by atoms with Crippen molar-refractivity contribution in [1.29, 1.82) is 0 Å². The number of rotatable bonds is 11. The first-order chi connectivity index (χ1) is 18.2. The number of hydrogen-bond acceptors (Lipinski definition) is 7. The van der Waals surface area contributed by atoms with Gasteiger partial charge < -0.3 is 24.3 Å². The first kappa shape index (κ1) is 28.6. The normalized spacial score (nSPS) is 10.7. The van der Waals surface area contributed by atoms with E-state index in [-0.39, 0.29) is 23.1 Å². The van der Waals surface area contributed by atoms with Gasteiger partial charge in [0.05, 0.1) is 32.1 Å². The van der Waals surface area contributed by atoms with Crippen LogP contribution in [0.5, 0.6) is 23.0 Å². The van der Waals surface area contributed by atoms with E-state index >= 15 is 0 Å². The Kier molecular flexibility index (Phi) is 10.2. The van der Waals surface area contributed by atoms with Crippen molar-refractivity contribution >= 4 is 46.9 Å². The van der Waals surface area contributed by atoms with Gasteiger partial charge >= 0.3 is 0 Å². The van der Waals surface area contributed by atoms with E-state index in [9.17, 15) is 9.59 Å². The van der Waals surface area contributed by atoms with Gasteiger partial charge in [0.15, 0.2) is 29.6 Å². The molecule has 0 saturated heterocycles. The standard InChI is InChI=1S/C27H27Cl2N3O6/c1-5-37-22-9-7-18(12-23(22)35-3)27(34)32-30-14-17-10-21(29)26(24(11-17)36-4)38-15-25(33)31-19-8-6-16(2)20(28)13-19/h6-14H,5,15H2,1-4H3,(H,31,33)(H,32,34)/b30-14+. The highest BCUT2D eigenvalue weighted by atomic mass is 35.5. The summed E-state index contributed by atoms with van der Waals surface area (Å²) >= 11 is 12.5. The summed E-state index contributed by atoms with van der Waals surface area (Å²) in [4.78, 5) is 24.8.